The lowest BCUT2D eigenvalue weighted by atomic mass is 9.72. The highest BCUT2D eigenvalue weighted by molar-refractivity contribution is 5.87. The minimum atomic E-state index is -0.967. The molecular formula is C19H25NO5. The summed E-state index contributed by atoms with van der Waals surface area (Å²) in [4.78, 5) is 22.5. The van der Waals surface area contributed by atoms with Crippen LogP contribution in [0, 0.1) is 5.41 Å². The van der Waals surface area contributed by atoms with Gasteiger partial charge in [-0.1, -0.05) is 12.1 Å². The van der Waals surface area contributed by atoms with E-state index in [-0.39, 0.29) is 22.9 Å². The van der Waals surface area contributed by atoms with Crippen LogP contribution in [0.3, 0.4) is 0 Å². The monoisotopic (exact) mass is 347 g/mol. The predicted octanol–water partition coefficient (Wildman–Crippen LogP) is 2.54. The number of aromatic carboxylic acids is 1. The summed E-state index contributed by atoms with van der Waals surface area (Å²) in [5.41, 5.74) is 1.17. The van der Waals surface area contributed by atoms with Gasteiger partial charge >= 0.3 is 5.97 Å². The largest absolute Gasteiger partial charge is 0.478 e. The highest BCUT2D eigenvalue weighted by Crippen LogP contribution is 2.43. The van der Waals surface area contributed by atoms with Crippen molar-refractivity contribution in [1.82, 2.24) is 5.32 Å². The van der Waals surface area contributed by atoms with Gasteiger partial charge in [-0.05, 0) is 43.4 Å². The SMILES string of the molecule is CC(=O)N[C@@H](COCC12CCC(CC1)OC2)c1ccc(C(=O)O)cc1. The van der Waals surface area contributed by atoms with Crippen LogP contribution in [0.2, 0.25) is 0 Å². The van der Waals surface area contributed by atoms with E-state index in [9.17, 15) is 9.59 Å². The molecule has 3 fully saturated rings. The third-order valence-electron chi connectivity index (χ3n) is 5.25. The van der Waals surface area contributed by atoms with E-state index in [2.05, 4.69) is 5.32 Å². The molecule has 1 aromatic rings. The Bertz CT molecular complexity index is 605. The van der Waals surface area contributed by atoms with E-state index in [1.54, 1.807) is 24.3 Å². The zero-order valence-electron chi connectivity index (χ0n) is 14.5. The molecular weight excluding hydrogens is 322 g/mol. The molecule has 0 aromatic heterocycles. The fourth-order valence-electron chi connectivity index (χ4n) is 3.71. The Hall–Kier alpha value is -1.92. The lowest BCUT2D eigenvalue weighted by Crippen LogP contribution is -2.45. The van der Waals surface area contributed by atoms with Crippen molar-refractivity contribution < 1.29 is 24.2 Å². The van der Waals surface area contributed by atoms with Crippen molar-refractivity contribution in [2.75, 3.05) is 19.8 Å². The van der Waals surface area contributed by atoms with Gasteiger partial charge in [-0.2, -0.15) is 0 Å². The molecule has 2 aliphatic heterocycles. The molecule has 25 heavy (non-hydrogen) atoms. The Morgan fingerprint density at radius 3 is 2.52 bits per heavy atom. The molecule has 4 rings (SSSR count). The highest BCUT2D eigenvalue weighted by atomic mass is 16.5. The van der Waals surface area contributed by atoms with Crippen LogP contribution in [0.1, 0.15) is 54.6 Å². The van der Waals surface area contributed by atoms with Gasteiger partial charge in [-0.15, -0.1) is 0 Å². The van der Waals surface area contributed by atoms with E-state index in [0.717, 1.165) is 37.9 Å². The van der Waals surface area contributed by atoms with E-state index in [4.69, 9.17) is 14.6 Å². The molecule has 6 heteroatoms. The van der Waals surface area contributed by atoms with Crippen LogP contribution >= 0.6 is 0 Å². The van der Waals surface area contributed by atoms with Crippen molar-refractivity contribution in [2.24, 2.45) is 5.41 Å². The third-order valence-corrected chi connectivity index (χ3v) is 5.25. The second kappa shape index (κ2) is 7.54. The minimum absolute atomic E-state index is 0.114. The van der Waals surface area contributed by atoms with Crippen LogP contribution in [0.5, 0.6) is 0 Å². The van der Waals surface area contributed by atoms with E-state index in [1.165, 1.54) is 6.92 Å². The number of carbonyl (C=O) groups excluding carboxylic acids is 1. The topological polar surface area (TPSA) is 84.9 Å². The van der Waals surface area contributed by atoms with Crippen molar-refractivity contribution in [3.63, 3.8) is 0 Å². The molecule has 2 N–H and O–H groups in total. The first-order valence-electron chi connectivity index (χ1n) is 8.77. The van der Waals surface area contributed by atoms with Gasteiger partial charge in [-0.25, -0.2) is 4.79 Å². The summed E-state index contributed by atoms with van der Waals surface area (Å²) < 4.78 is 11.8. The van der Waals surface area contributed by atoms with Gasteiger partial charge < -0.3 is 19.9 Å². The number of carboxylic acids is 1. The average molecular weight is 347 g/mol. The fraction of sp³-hybridized carbons (Fsp3) is 0.579. The first-order valence-corrected chi connectivity index (χ1v) is 8.77. The number of carbonyl (C=O) groups is 2. The molecule has 6 nitrogen and oxygen atoms in total. The third kappa shape index (κ3) is 4.38. The van der Waals surface area contributed by atoms with Crippen molar-refractivity contribution in [3.8, 4) is 0 Å². The predicted molar refractivity (Wildman–Crippen MR) is 91.4 cm³/mol. The summed E-state index contributed by atoms with van der Waals surface area (Å²) in [5, 5.41) is 11.9. The van der Waals surface area contributed by atoms with Crippen molar-refractivity contribution in [2.45, 2.75) is 44.8 Å². The molecule has 3 aliphatic rings. The quantitative estimate of drug-likeness (QED) is 0.792. The van der Waals surface area contributed by atoms with Gasteiger partial charge in [0.15, 0.2) is 0 Å². The number of carboxylic acid groups (broad SMARTS) is 1. The van der Waals surface area contributed by atoms with Gasteiger partial charge in [0, 0.05) is 12.3 Å². The summed E-state index contributed by atoms with van der Waals surface area (Å²) in [6, 6.07) is 6.24. The maximum absolute atomic E-state index is 11.5. The summed E-state index contributed by atoms with van der Waals surface area (Å²) in [6.45, 7) is 3.21. The maximum Gasteiger partial charge on any atom is 0.335 e. The molecule has 0 spiro atoms. The number of ether oxygens (including phenoxy) is 2. The van der Waals surface area contributed by atoms with Crippen LogP contribution in [-0.4, -0.2) is 42.9 Å². The fourth-order valence-corrected chi connectivity index (χ4v) is 3.71. The number of benzene rings is 1. The normalized spacial score (nSPS) is 26.2. The molecule has 136 valence electrons. The Morgan fingerprint density at radius 1 is 1.32 bits per heavy atom. The molecule has 2 bridgehead atoms. The molecule has 1 saturated carbocycles. The number of nitrogens with one attached hydrogen (secondary N) is 1. The van der Waals surface area contributed by atoms with Crippen LogP contribution in [0.15, 0.2) is 24.3 Å². The van der Waals surface area contributed by atoms with Crippen molar-refractivity contribution >= 4 is 11.9 Å². The minimum Gasteiger partial charge on any atom is -0.478 e. The van der Waals surface area contributed by atoms with Crippen LogP contribution in [-0.2, 0) is 14.3 Å². The van der Waals surface area contributed by atoms with Gasteiger partial charge in [-0.3, -0.25) is 4.79 Å². The summed E-state index contributed by atoms with van der Waals surface area (Å²) in [6.07, 6.45) is 4.91. The Balaban J connectivity index is 1.60. The first kappa shape index (κ1) is 17.9. The number of hydrogen-bond acceptors (Lipinski definition) is 4. The lowest BCUT2D eigenvalue weighted by molar-refractivity contribution is -0.143. The zero-order valence-corrected chi connectivity index (χ0v) is 14.5. The van der Waals surface area contributed by atoms with E-state index < -0.39 is 5.97 Å². The molecule has 2 saturated heterocycles. The van der Waals surface area contributed by atoms with Gasteiger partial charge in [0.1, 0.15) is 0 Å². The molecule has 0 unspecified atom stereocenters. The molecule has 1 aromatic carbocycles. The molecule has 1 aliphatic carbocycles. The number of amides is 1. The molecule has 1 atom stereocenters. The lowest BCUT2D eigenvalue weighted by Gasteiger charge is -2.46. The zero-order chi connectivity index (χ0) is 17.9. The standard InChI is InChI=1S/C19H25NO5/c1-13(21)20-17(14-2-4-15(5-3-14)18(22)23)10-24-11-19-8-6-16(7-9-19)25-12-19/h2-5,16-17H,6-12H2,1H3,(H,20,21)(H,22,23)/t16?,17-,19?/m0/s1. The first-order chi connectivity index (χ1) is 12.0. The number of fused-ring (bicyclic) bond motifs is 3. The Kier molecular flexibility index (Phi) is 5.39. The van der Waals surface area contributed by atoms with E-state index in [1.807, 2.05) is 0 Å². The van der Waals surface area contributed by atoms with Gasteiger partial charge in [0.2, 0.25) is 5.91 Å². The highest BCUT2D eigenvalue weighted by Gasteiger charge is 2.41. The van der Waals surface area contributed by atoms with Crippen LogP contribution in [0.4, 0.5) is 0 Å². The van der Waals surface area contributed by atoms with Crippen LogP contribution in [0.25, 0.3) is 0 Å². The Morgan fingerprint density at radius 2 is 2.00 bits per heavy atom. The summed E-state index contributed by atoms with van der Waals surface area (Å²) in [5.74, 6) is -1.11. The summed E-state index contributed by atoms with van der Waals surface area (Å²) in [7, 11) is 0. The average Bonchev–Trinajstić information content (AvgIpc) is 2.62. The van der Waals surface area contributed by atoms with Crippen molar-refractivity contribution in [1.29, 1.82) is 0 Å². The van der Waals surface area contributed by atoms with Gasteiger partial charge in [0.25, 0.3) is 0 Å². The second-order valence-electron chi connectivity index (χ2n) is 7.21. The Labute approximate surface area is 147 Å². The van der Waals surface area contributed by atoms with E-state index in [0.29, 0.717) is 19.3 Å². The molecule has 0 radical (unpaired) electrons. The van der Waals surface area contributed by atoms with Crippen LogP contribution < -0.4 is 5.32 Å². The molecule has 1 amide bonds. The second-order valence-corrected chi connectivity index (χ2v) is 7.21. The number of rotatable bonds is 7. The van der Waals surface area contributed by atoms with E-state index >= 15 is 0 Å². The maximum atomic E-state index is 11.5. The summed E-state index contributed by atoms with van der Waals surface area (Å²) >= 11 is 0. The molecule has 2 heterocycles. The van der Waals surface area contributed by atoms with Gasteiger partial charge in [0.05, 0.1) is 37.5 Å². The number of hydrogen-bond donors (Lipinski definition) is 2. The van der Waals surface area contributed by atoms with Crippen molar-refractivity contribution in [3.05, 3.63) is 35.4 Å². The smallest absolute Gasteiger partial charge is 0.335 e.